The van der Waals surface area contributed by atoms with E-state index in [9.17, 15) is 9.90 Å². The highest BCUT2D eigenvalue weighted by molar-refractivity contribution is 5.86. The van der Waals surface area contributed by atoms with Gasteiger partial charge in [0.05, 0.1) is 26.2 Å². The lowest BCUT2D eigenvalue weighted by molar-refractivity contribution is 0.0685. The molecule has 0 aliphatic rings. The van der Waals surface area contributed by atoms with Crippen LogP contribution >= 0.6 is 0 Å². The van der Waals surface area contributed by atoms with Crippen LogP contribution in [0, 0.1) is 0 Å². The number of carboxylic acids is 1. The Balaban J connectivity index is 2.40. The van der Waals surface area contributed by atoms with Crippen LogP contribution in [0.3, 0.4) is 0 Å². The standard InChI is InChI=1S/C13H14N2O5/c1-19-8-4-3-7(5-9(8)20-2)12(16)10-11(13(17)18)15-6-14-10/h3-6,12,16H,1-2H3,(H,14,15)(H,17,18). The van der Waals surface area contributed by atoms with Gasteiger partial charge in [-0.2, -0.15) is 0 Å². The van der Waals surface area contributed by atoms with Crippen LogP contribution in [0.5, 0.6) is 11.5 Å². The molecule has 106 valence electrons. The number of imidazole rings is 1. The number of carboxylic acid groups (broad SMARTS) is 1. The maximum atomic E-state index is 11.0. The first kappa shape index (κ1) is 13.9. The molecule has 0 saturated heterocycles. The van der Waals surface area contributed by atoms with Gasteiger partial charge in [-0.3, -0.25) is 0 Å². The lowest BCUT2D eigenvalue weighted by Gasteiger charge is -2.13. The topological polar surface area (TPSA) is 105 Å². The summed E-state index contributed by atoms with van der Waals surface area (Å²) in [6.45, 7) is 0. The molecule has 0 aliphatic carbocycles. The van der Waals surface area contributed by atoms with Crippen molar-refractivity contribution in [2.24, 2.45) is 0 Å². The van der Waals surface area contributed by atoms with Crippen LogP contribution in [0.2, 0.25) is 0 Å². The fourth-order valence-electron chi connectivity index (χ4n) is 1.87. The van der Waals surface area contributed by atoms with E-state index in [1.165, 1.54) is 20.5 Å². The second kappa shape index (κ2) is 5.62. The summed E-state index contributed by atoms with van der Waals surface area (Å²) in [4.78, 5) is 17.3. The average molecular weight is 278 g/mol. The number of hydrogen-bond donors (Lipinski definition) is 3. The van der Waals surface area contributed by atoms with E-state index >= 15 is 0 Å². The summed E-state index contributed by atoms with van der Waals surface area (Å²) in [6, 6.07) is 4.84. The maximum absolute atomic E-state index is 11.0. The molecule has 1 aromatic carbocycles. The van der Waals surface area contributed by atoms with E-state index in [2.05, 4.69) is 9.97 Å². The first-order valence-corrected chi connectivity index (χ1v) is 5.75. The lowest BCUT2D eigenvalue weighted by Crippen LogP contribution is -2.08. The van der Waals surface area contributed by atoms with Crippen molar-refractivity contribution < 1.29 is 24.5 Å². The smallest absolute Gasteiger partial charge is 0.356 e. The maximum Gasteiger partial charge on any atom is 0.356 e. The first-order chi connectivity index (χ1) is 9.58. The molecule has 0 saturated carbocycles. The minimum Gasteiger partial charge on any atom is -0.493 e. The number of benzene rings is 1. The van der Waals surface area contributed by atoms with Crippen LogP contribution in [-0.4, -0.2) is 40.4 Å². The normalized spacial score (nSPS) is 11.9. The molecule has 0 amide bonds. The van der Waals surface area contributed by atoms with Gasteiger partial charge in [0.25, 0.3) is 0 Å². The molecule has 7 nitrogen and oxygen atoms in total. The van der Waals surface area contributed by atoms with Crippen LogP contribution in [-0.2, 0) is 0 Å². The molecule has 3 N–H and O–H groups in total. The Labute approximate surface area is 114 Å². The number of aromatic amines is 1. The van der Waals surface area contributed by atoms with Crippen molar-refractivity contribution in [2.75, 3.05) is 14.2 Å². The summed E-state index contributed by atoms with van der Waals surface area (Å²) < 4.78 is 10.2. The number of H-pyrrole nitrogens is 1. The minimum absolute atomic E-state index is 0.115. The summed E-state index contributed by atoms with van der Waals surface area (Å²) >= 11 is 0. The Kier molecular flexibility index (Phi) is 3.90. The molecule has 7 heteroatoms. The number of nitrogens with zero attached hydrogens (tertiary/aromatic N) is 1. The third kappa shape index (κ3) is 2.43. The second-order valence-corrected chi connectivity index (χ2v) is 3.99. The van der Waals surface area contributed by atoms with Crippen molar-refractivity contribution in [3.63, 3.8) is 0 Å². The third-order valence-corrected chi connectivity index (χ3v) is 2.87. The molecule has 0 spiro atoms. The number of hydrogen-bond acceptors (Lipinski definition) is 5. The second-order valence-electron chi connectivity index (χ2n) is 3.99. The number of aromatic nitrogens is 2. The third-order valence-electron chi connectivity index (χ3n) is 2.87. The fourth-order valence-corrected chi connectivity index (χ4v) is 1.87. The van der Waals surface area contributed by atoms with E-state index in [-0.39, 0.29) is 11.4 Å². The molecule has 1 aromatic heterocycles. The molecule has 1 atom stereocenters. The van der Waals surface area contributed by atoms with Crippen LogP contribution in [0.1, 0.15) is 27.8 Å². The number of aliphatic hydroxyl groups is 1. The summed E-state index contributed by atoms with van der Waals surface area (Å²) in [6.07, 6.45) is 0.0753. The van der Waals surface area contributed by atoms with Crippen LogP contribution < -0.4 is 9.47 Å². The van der Waals surface area contributed by atoms with Crippen molar-refractivity contribution in [1.29, 1.82) is 0 Å². The zero-order chi connectivity index (χ0) is 14.7. The lowest BCUT2D eigenvalue weighted by atomic mass is 10.0. The summed E-state index contributed by atoms with van der Waals surface area (Å²) in [5.41, 5.74) is 0.367. The molecule has 0 bridgehead atoms. The van der Waals surface area contributed by atoms with Gasteiger partial charge in [-0.1, -0.05) is 6.07 Å². The van der Waals surface area contributed by atoms with Gasteiger partial charge in [-0.05, 0) is 17.7 Å². The Morgan fingerprint density at radius 3 is 2.60 bits per heavy atom. The van der Waals surface area contributed by atoms with E-state index in [0.29, 0.717) is 17.1 Å². The van der Waals surface area contributed by atoms with Gasteiger partial charge in [0.1, 0.15) is 6.10 Å². The summed E-state index contributed by atoms with van der Waals surface area (Å²) in [5, 5.41) is 19.3. The van der Waals surface area contributed by atoms with Gasteiger partial charge < -0.3 is 24.7 Å². The number of aromatic carboxylic acids is 1. The SMILES string of the molecule is COc1ccc(C(O)c2[nH]cnc2C(=O)O)cc1OC. The number of ether oxygens (including phenoxy) is 2. The largest absolute Gasteiger partial charge is 0.493 e. The number of carbonyl (C=O) groups is 1. The molecule has 1 unspecified atom stereocenters. The number of aliphatic hydroxyl groups excluding tert-OH is 1. The van der Waals surface area contributed by atoms with Gasteiger partial charge >= 0.3 is 5.97 Å². The van der Waals surface area contributed by atoms with E-state index in [1.54, 1.807) is 18.2 Å². The van der Waals surface area contributed by atoms with Crippen molar-refractivity contribution in [3.05, 3.63) is 41.5 Å². The monoisotopic (exact) mass is 278 g/mol. The molecule has 0 radical (unpaired) electrons. The number of methoxy groups -OCH3 is 2. The zero-order valence-corrected chi connectivity index (χ0v) is 11.0. The summed E-state index contributed by atoms with van der Waals surface area (Å²) in [5.74, 6) is -0.243. The highest BCUT2D eigenvalue weighted by Crippen LogP contribution is 2.32. The fraction of sp³-hybridized carbons (Fsp3) is 0.231. The molecular weight excluding hydrogens is 264 g/mol. The zero-order valence-electron chi connectivity index (χ0n) is 11.0. The van der Waals surface area contributed by atoms with Crippen LogP contribution in [0.25, 0.3) is 0 Å². The highest BCUT2D eigenvalue weighted by atomic mass is 16.5. The Morgan fingerprint density at radius 2 is 2.00 bits per heavy atom. The molecule has 1 heterocycles. The van der Waals surface area contributed by atoms with Gasteiger partial charge in [0, 0.05) is 0 Å². The number of nitrogens with one attached hydrogen (secondary N) is 1. The molecule has 0 fully saturated rings. The van der Waals surface area contributed by atoms with Crippen molar-refractivity contribution in [2.45, 2.75) is 6.10 Å². The predicted molar refractivity (Wildman–Crippen MR) is 69.2 cm³/mol. The molecular formula is C13H14N2O5. The Hall–Kier alpha value is -2.54. The van der Waals surface area contributed by atoms with E-state index < -0.39 is 12.1 Å². The first-order valence-electron chi connectivity index (χ1n) is 5.75. The average Bonchev–Trinajstić information content (AvgIpc) is 2.95. The van der Waals surface area contributed by atoms with Gasteiger partial charge in [0.15, 0.2) is 17.2 Å². The number of rotatable bonds is 5. The van der Waals surface area contributed by atoms with E-state index in [4.69, 9.17) is 14.6 Å². The van der Waals surface area contributed by atoms with Crippen molar-refractivity contribution in [1.82, 2.24) is 9.97 Å². The van der Waals surface area contributed by atoms with Crippen LogP contribution in [0.4, 0.5) is 0 Å². The predicted octanol–water partition coefficient (Wildman–Crippen LogP) is 1.21. The minimum atomic E-state index is -1.21. The molecule has 2 aromatic rings. The quantitative estimate of drug-likeness (QED) is 0.759. The highest BCUT2D eigenvalue weighted by Gasteiger charge is 2.22. The molecule has 0 aliphatic heterocycles. The summed E-state index contributed by atoms with van der Waals surface area (Å²) in [7, 11) is 2.98. The van der Waals surface area contributed by atoms with Crippen molar-refractivity contribution >= 4 is 5.97 Å². The van der Waals surface area contributed by atoms with E-state index in [1.807, 2.05) is 0 Å². The Morgan fingerprint density at radius 1 is 1.30 bits per heavy atom. The van der Waals surface area contributed by atoms with Gasteiger partial charge in [-0.15, -0.1) is 0 Å². The molecule has 20 heavy (non-hydrogen) atoms. The van der Waals surface area contributed by atoms with Gasteiger partial charge in [0.2, 0.25) is 0 Å². The van der Waals surface area contributed by atoms with Gasteiger partial charge in [-0.25, -0.2) is 9.78 Å². The van der Waals surface area contributed by atoms with E-state index in [0.717, 1.165) is 0 Å². The molecule has 2 rings (SSSR count). The van der Waals surface area contributed by atoms with Crippen LogP contribution in [0.15, 0.2) is 24.5 Å². The Bertz CT molecular complexity index is 623. The van der Waals surface area contributed by atoms with Crippen molar-refractivity contribution in [3.8, 4) is 11.5 Å².